The molecule has 2 atom stereocenters. The lowest BCUT2D eigenvalue weighted by Gasteiger charge is -2.41. The van der Waals surface area contributed by atoms with Crippen LogP contribution in [0, 0.1) is 0 Å². The molecule has 0 saturated carbocycles. The molecule has 1 aliphatic heterocycles. The van der Waals surface area contributed by atoms with Gasteiger partial charge in [0.05, 0.1) is 0 Å². The Morgan fingerprint density at radius 3 is 1.83 bits per heavy atom. The summed E-state index contributed by atoms with van der Waals surface area (Å²) in [5.41, 5.74) is 6.26. The highest BCUT2D eigenvalue weighted by atomic mass is 16.5. The van der Waals surface area contributed by atoms with Crippen molar-refractivity contribution < 1.29 is 9.47 Å². The topological polar surface area (TPSA) is 21.7 Å². The van der Waals surface area contributed by atoms with Gasteiger partial charge in [0.2, 0.25) is 0 Å². The van der Waals surface area contributed by atoms with Gasteiger partial charge >= 0.3 is 0 Å². The van der Waals surface area contributed by atoms with Crippen LogP contribution in [0.1, 0.15) is 47.7 Å². The molecule has 3 heteroatoms. The second kappa shape index (κ2) is 10.8. The van der Waals surface area contributed by atoms with Crippen molar-refractivity contribution in [1.29, 1.82) is 0 Å². The average molecular weight is 464 g/mol. The lowest BCUT2D eigenvalue weighted by Crippen LogP contribution is -2.40. The van der Waals surface area contributed by atoms with Crippen molar-refractivity contribution in [2.24, 2.45) is 0 Å². The van der Waals surface area contributed by atoms with Crippen LogP contribution in [0.15, 0.2) is 103 Å². The normalized spacial score (nSPS) is 17.5. The molecule has 5 rings (SSSR count). The van der Waals surface area contributed by atoms with Crippen molar-refractivity contribution in [2.75, 3.05) is 0 Å². The summed E-state index contributed by atoms with van der Waals surface area (Å²) in [6.45, 7) is 6.63. The van der Waals surface area contributed by atoms with Gasteiger partial charge in [0.15, 0.2) is 0 Å². The van der Waals surface area contributed by atoms with E-state index in [0.717, 1.165) is 35.6 Å². The van der Waals surface area contributed by atoms with E-state index in [9.17, 15) is 0 Å². The van der Waals surface area contributed by atoms with Crippen LogP contribution in [-0.2, 0) is 26.2 Å². The first-order valence-electron chi connectivity index (χ1n) is 12.5. The number of ether oxygens (including phenoxy) is 2. The summed E-state index contributed by atoms with van der Waals surface area (Å²) in [7, 11) is 0. The standard InChI is InChI=1S/C32H33NO2/c1-24-18-29-19-30(34-22-27-14-8-4-9-15-27)20-31(35-23-28-16-10-5-11-17-28)32(29)25(2)33(24)21-26-12-6-3-7-13-26/h3-17,19-20,24-25H,18,21-23H2,1-2H3/t24?,25-/m0/s1. The van der Waals surface area contributed by atoms with Gasteiger partial charge in [-0.1, -0.05) is 91.0 Å². The Bertz CT molecular complexity index is 1220. The number of rotatable bonds is 8. The van der Waals surface area contributed by atoms with E-state index in [1.54, 1.807) is 0 Å². The molecular formula is C32H33NO2. The van der Waals surface area contributed by atoms with Crippen molar-refractivity contribution in [3.63, 3.8) is 0 Å². The zero-order chi connectivity index (χ0) is 24.0. The zero-order valence-electron chi connectivity index (χ0n) is 20.6. The minimum Gasteiger partial charge on any atom is -0.489 e. The second-order valence-corrected chi connectivity index (χ2v) is 9.43. The number of hydrogen-bond acceptors (Lipinski definition) is 3. The molecule has 4 aromatic carbocycles. The first-order valence-corrected chi connectivity index (χ1v) is 12.5. The molecule has 0 saturated heterocycles. The Morgan fingerprint density at radius 2 is 1.23 bits per heavy atom. The summed E-state index contributed by atoms with van der Waals surface area (Å²) in [5.74, 6) is 1.79. The van der Waals surface area contributed by atoms with Crippen molar-refractivity contribution in [2.45, 2.75) is 52.1 Å². The van der Waals surface area contributed by atoms with Gasteiger partial charge in [-0.15, -0.1) is 0 Å². The molecule has 35 heavy (non-hydrogen) atoms. The van der Waals surface area contributed by atoms with E-state index >= 15 is 0 Å². The van der Waals surface area contributed by atoms with E-state index < -0.39 is 0 Å². The van der Waals surface area contributed by atoms with E-state index in [0.29, 0.717) is 19.3 Å². The van der Waals surface area contributed by atoms with Crippen LogP contribution < -0.4 is 9.47 Å². The van der Waals surface area contributed by atoms with E-state index in [-0.39, 0.29) is 6.04 Å². The van der Waals surface area contributed by atoms with Crippen LogP contribution >= 0.6 is 0 Å². The maximum absolute atomic E-state index is 6.48. The Kier molecular flexibility index (Phi) is 7.15. The van der Waals surface area contributed by atoms with Gasteiger partial charge in [0, 0.05) is 30.3 Å². The molecule has 0 bridgehead atoms. The van der Waals surface area contributed by atoms with Gasteiger partial charge in [-0.2, -0.15) is 0 Å². The third-order valence-electron chi connectivity index (χ3n) is 6.89. The van der Waals surface area contributed by atoms with Crippen LogP contribution in [0.2, 0.25) is 0 Å². The van der Waals surface area contributed by atoms with Gasteiger partial charge in [-0.05, 0) is 48.6 Å². The highest BCUT2D eigenvalue weighted by Gasteiger charge is 2.32. The lowest BCUT2D eigenvalue weighted by molar-refractivity contribution is 0.125. The maximum Gasteiger partial charge on any atom is 0.128 e. The molecule has 0 spiro atoms. The number of hydrogen-bond donors (Lipinski definition) is 0. The van der Waals surface area contributed by atoms with Gasteiger partial charge in [-0.25, -0.2) is 0 Å². The van der Waals surface area contributed by atoms with Crippen molar-refractivity contribution in [3.05, 3.63) is 131 Å². The molecule has 0 fully saturated rings. The molecule has 3 nitrogen and oxygen atoms in total. The molecule has 1 heterocycles. The first kappa shape index (κ1) is 23.2. The van der Waals surface area contributed by atoms with Crippen LogP contribution in [-0.4, -0.2) is 10.9 Å². The Balaban J connectivity index is 1.44. The third-order valence-corrected chi connectivity index (χ3v) is 6.89. The molecule has 178 valence electrons. The molecule has 4 aromatic rings. The molecule has 0 N–H and O–H groups in total. The minimum atomic E-state index is 0.239. The molecule has 0 radical (unpaired) electrons. The molecule has 0 aromatic heterocycles. The molecule has 0 amide bonds. The fraction of sp³-hybridized carbons (Fsp3) is 0.250. The van der Waals surface area contributed by atoms with E-state index in [4.69, 9.17) is 9.47 Å². The minimum absolute atomic E-state index is 0.239. The summed E-state index contributed by atoms with van der Waals surface area (Å²) in [4.78, 5) is 2.58. The second-order valence-electron chi connectivity index (χ2n) is 9.43. The van der Waals surface area contributed by atoms with Crippen LogP contribution in [0.25, 0.3) is 0 Å². The predicted octanol–water partition coefficient (Wildman–Crippen LogP) is 7.35. The number of benzene rings is 4. The largest absolute Gasteiger partial charge is 0.489 e. The highest BCUT2D eigenvalue weighted by Crippen LogP contribution is 2.42. The number of fused-ring (bicyclic) bond motifs is 1. The fourth-order valence-corrected chi connectivity index (χ4v) is 5.05. The molecular weight excluding hydrogens is 430 g/mol. The number of nitrogens with zero attached hydrogens (tertiary/aromatic N) is 1. The Hall–Kier alpha value is -3.56. The fourth-order valence-electron chi connectivity index (χ4n) is 5.05. The van der Waals surface area contributed by atoms with Crippen molar-refractivity contribution in [1.82, 2.24) is 4.90 Å². The lowest BCUT2D eigenvalue weighted by atomic mass is 9.88. The van der Waals surface area contributed by atoms with Gasteiger partial charge < -0.3 is 9.47 Å². The van der Waals surface area contributed by atoms with Crippen LogP contribution in [0.5, 0.6) is 11.5 Å². The summed E-state index contributed by atoms with van der Waals surface area (Å²) in [6.07, 6.45) is 0.969. The SMILES string of the molecule is CC1Cc2cc(OCc3ccccc3)cc(OCc3ccccc3)c2[C@H](C)N1Cc1ccccc1. The van der Waals surface area contributed by atoms with Crippen LogP contribution in [0.3, 0.4) is 0 Å². The van der Waals surface area contributed by atoms with Crippen molar-refractivity contribution in [3.8, 4) is 11.5 Å². The first-order chi connectivity index (χ1) is 17.2. The summed E-state index contributed by atoms with van der Waals surface area (Å²) in [6, 6.07) is 36.4. The monoisotopic (exact) mass is 463 g/mol. The summed E-state index contributed by atoms with van der Waals surface area (Å²) >= 11 is 0. The summed E-state index contributed by atoms with van der Waals surface area (Å²) in [5, 5.41) is 0. The molecule has 1 aliphatic rings. The van der Waals surface area contributed by atoms with E-state index in [1.807, 2.05) is 24.3 Å². The van der Waals surface area contributed by atoms with E-state index in [1.165, 1.54) is 16.7 Å². The predicted molar refractivity (Wildman–Crippen MR) is 142 cm³/mol. The van der Waals surface area contributed by atoms with Gasteiger partial charge in [0.1, 0.15) is 24.7 Å². The van der Waals surface area contributed by atoms with Gasteiger partial charge in [0.25, 0.3) is 0 Å². The third kappa shape index (κ3) is 5.58. The smallest absolute Gasteiger partial charge is 0.128 e. The molecule has 0 aliphatic carbocycles. The van der Waals surface area contributed by atoms with Crippen molar-refractivity contribution >= 4 is 0 Å². The van der Waals surface area contributed by atoms with Gasteiger partial charge in [-0.3, -0.25) is 4.90 Å². The zero-order valence-corrected chi connectivity index (χ0v) is 20.6. The highest BCUT2D eigenvalue weighted by molar-refractivity contribution is 5.50. The Morgan fingerprint density at radius 1 is 0.686 bits per heavy atom. The van der Waals surface area contributed by atoms with Crippen LogP contribution in [0.4, 0.5) is 0 Å². The average Bonchev–Trinajstić information content (AvgIpc) is 2.90. The Labute approximate surface area is 209 Å². The quantitative estimate of drug-likeness (QED) is 0.273. The maximum atomic E-state index is 6.48. The summed E-state index contributed by atoms with van der Waals surface area (Å²) < 4.78 is 12.7. The van der Waals surface area contributed by atoms with E-state index in [2.05, 4.69) is 97.6 Å². The molecule has 1 unspecified atom stereocenters.